The van der Waals surface area contributed by atoms with E-state index in [1.54, 1.807) is 6.92 Å². The molecule has 5 heteroatoms. The predicted molar refractivity (Wildman–Crippen MR) is 79.2 cm³/mol. The zero-order valence-electron chi connectivity index (χ0n) is 12.6. The lowest BCUT2D eigenvalue weighted by Gasteiger charge is -2.11. The summed E-state index contributed by atoms with van der Waals surface area (Å²) in [5.74, 6) is 1.11. The monoisotopic (exact) mass is 288 g/mol. The van der Waals surface area contributed by atoms with Crippen molar-refractivity contribution >= 4 is 5.91 Å². The molecule has 0 saturated carbocycles. The number of carbonyl (C=O) groups is 1. The van der Waals surface area contributed by atoms with Gasteiger partial charge in [-0.3, -0.25) is 4.79 Å². The van der Waals surface area contributed by atoms with Gasteiger partial charge in [0.25, 0.3) is 5.91 Å². The molecule has 0 radical (unpaired) electrons. The number of aryl methyl sites for hydroxylation is 1. The van der Waals surface area contributed by atoms with Crippen molar-refractivity contribution in [2.75, 3.05) is 0 Å². The summed E-state index contributed by atoms with van der Waals surface area (Å²) in [6.07, 6.45) is 0.860. The van der Waals surface area contributed by atoms with Crippen LogP contribution in [0.25, 0.3) is 0 Å². The van der Waals surface area contributed by atoms with Crippen LogP contribution >= 0.6 is 0 Å². The van der Waals surface area contributed by atoms with E-state index in [2.05, 4.69) is 10.5 Å². The van der Waals surface area contributed by atoms with E-state index in [0.29, 0.717) is 17.0 Å². The highest BCUT2D eigenvalue weighted by Crippen LogP contribution is 2.17. The van der Waals surface area contributed by atoms with Crippen LogP contribution in [0.15, 0.2) is 34.9 Å². The second-order valence-electron chi connectivity index (χ2n) is 4.95. The molecule has 112 valence electrons. The van der Waals surface area contributed by atoms with E-state index in [1.165, 1.54) is 0 Å². The number of nitrogens with one attached hydrogen (secondary N) is 1. The van der Waals surface area contributed by atoms with Crippen LogP contribution in [0.1, 0.15) is 42.1 Å². The first-order chi connectivity index (χ1) is 10.1. The Morgan fingerprint density at radius 3 is 2.76 bits per heavy atom. The molecule has 0 aliphatic carbocycles. The fraction of sp³-hybridized carbons (Fsp3) is 0.375. The molecule has 2 rings (SSSR count). The lowest BCUT2D eigenvalue weighted by molar-refractivity contribution is 0.0928. The number of rotatable bonds is 6. The number of carbonyl (C=O) groups excluding carboxylic acids is 1. The van der Waals surface area contributed by atoms with Crippen molar-refractivity contribution in [2.24, 2.45) is 0 Å². The highest BCUT2D eigenvalue weighted by atomic mass is 16.5. The number of aromatic nitrogens is 1. The minimum absolute atomic E-state index is 0.0948. The van der Waals surface area contributed by atoms with Gasteiger partial charge in [-0.2, -0.15) is 0 Å². The van der Waals surface area contributed by atoms with E-state index in [9.17, 15) is 4.79 Å². The zero-order valence-corrected chi connectivity index (χ0v) is 12.6. The van der Waals surface area contributed by atoms with Crippen LogP contribution in [-0.4, -0.2) is 17.1 Å². The second-order valence-corrected chi connectivity index (χ2v) is 4.95. The van der Waals surface area contributed by atoms with Crippen molar-refractivity contribution in [1.82, 2.24) is 10.5 Å². The van der Waals surface area contributed by atoms with Crippen molar-refractivity contribution < 1.29 is 14.1 Å². The summed E-state index contributed by atoms with van der Waals surface area (Å²) in [6.45, 7) is 5.99. The average molecular weight is 288 g/mol. The van der Waals surface area contributed by atoms with Gasteiger partial charge in [0, 0.05) is 6.04 Å². The van der Waals surface area contributed by atoms with E-state index in [-0.39, 0.29) is 18.6 Å². The Labute approximate surface area is 124 Å². The summed E-state index contributed by atoms with van der Waals surface area (Å²) < 4.78 is 10.8. The minimum Gasteiger partial charge on any atom is -0.489 e. The largest absolute Gasteiger partial charge is 0.489 e. The summed E-state index contributed by atoms with van der Waals surface area (Å²) in [6, 6.07) is 9.53. The molecular formula is C16H20N2O3. The lowest BCUT2D eigenvalue weighted by atomic mass is 10.2. The summed E-state index contributed by atoms with van der Waals surface area (Å²) in [7, 11) is 0. The van der Waals surface area contributed by atoms with Crippen LogP contribution in [0.3, 0.4) is 0 Å². The van der Waals surface area contributed by atoms with Gasteiger partial charge in [-0.1, -0.05) is 30.3 Å². The lowest BCUT2D eigenvalue weighted by Crippen LogP contribution is -2.32. The summed E-state index contributed by atoms with van der Waals surface area (Å²) >= 11 is 0. The molecule has 0 bridgehead atoms. The van der Waals surface area contributed by atoms with Crippen LogP contribution in [0.2, 0.25) is 0 Å². The molecule has 1 aromatic carbocycles. The van der Waals surface area contributed by atoms with Gasteiger partial charge in [0.1, 0.15) is 18.1 Å². The third-order valence-corrected chi connectivity index (χ3v) is 3.32. The molecule has 0 saturated heterocycles. The maximum atomic E-state index is 12.2. The molecule has 1 heterocycles. The Balaban J connectivity index is 2.09. The fourth-order valence-electron chi connectivity index (χ4n) is 1.81. The molecule has 0 aliphatic rings. The Bertz CT molecular complexity index is 593. The first-order valence-corrected chi connectivity index (χ1v) is 7.05. The van der Waals surface area contributed by atoms with Crippen LogP contribution in [0.5, 0.6) is 5.75 Å². The summed E-state index contributed by atoms with van der Waals surface area (Å²) in [5, 5.41) is 6.73. The van der Waals surface area contributed by atoms with Gasteiger partial charge in [0.2, 0.25) is 0 Å². The number of hydrogen-bond acceptors (Lipinski definition) is 4. The van der Waals surface area contributed by atoms with Gasteiger partial charge in [-0.05, 0) is 32.4 Å². The van der Waals surface area contributed by atoms with Crippen molar-refractivity contribution in [3.05, 3.63) is 47.3 Å². The van der Waals surface area contributed by atoms with E-state index >= 15 is 0 Å². The third-order valence-electron chi connectivity index (χ3n) is 3.32. The Morgan fingerprint density at radius 2 is 2.10 bits per heavy atom. The van der Waals surface area contributed by atoms with E-state index in [4.69, 9.17) is 9.26 Å². The SMILES string of the molecule is CCC(C)NC(=O)c1noc(C)c1COc1ccccc1. The van der Waals surface area contributed by atoms with E-state index in [0.717, 1.165) is 12.2 Å². The zero-order chi connectivity index (χ0) is 15.2. The molecule has 0 spiro atoms. The van der Waals surface area contributed by atoms with Crippen LogP contribution in [0.4, 0.5) is 0 Å². The highest BCUT2D eigenvalue weighted by Gasteiger charge is 2.21. The van der Waals surface area contributed by atoms with Crippen molar-refractivity contribution in [1.29, 1.82) is 0 Å². The molecule has 1 unspecified atom stereocenters. The average Bonchev–Trinajstić information content (AvgIpc) is 2.87. The van der Waals surface area contributed by atoms with Crippen molar-refractivity contribution in [3.8, 4) is 5.75 Å². The number of nitrogens with zero attached hydrogens (tertiary/aromatic N) is 1. The van der Waals surface area contributed by atoms with E-state index in [1.807, 2.05) is 44.2 Å². The first-order valence-electron chi connectivity index (χ1n) is 7.05. The first kappa shape index (κ1) is 15.1. The van der Waals surface area contributed by atoms with Crippen LogP contribution in [-0.2, 0) is 6.61 Å². The van der Waals surface area contributed by atoms with Crippen LogP contribution < -0.4 is 10.1 Å². The molecule has 2 aromatic rings. The maximum Gasteiger partial charge on any atom is 0.274 e. The number of para-hydroxylation sites is 1. The van der Waals surface area contributed by atoms with Crippen molar-refractivity contribution in [3.63, 3.8) is 0 Å². The number of benzene rings is 1. The Morgan fingerprint density at radius 1 is 1.38 bits per heavy atom. The summed E-state index contributed by atoms with van der Waals surface area (Å²) in [4.78, 5) is 12.2. The van der Waals surface area contributed by atoms with Gasteiger partial charge in [-0.25, -0.2) is 0 Å². The highest BCUT2D eigenvalue weighted by molar-refractivity contribution is 5.93. The molecule has 0 fully saturated rings. The van der Waals surface area contributed by atoms with Crippen LogP contribution in [0, 0.1) is 6.92 Å². The normalized spacial score (nSPS) is 12.0. The fourth-order valence-corrected chi connectivity index (χ4v) is 1.81. The molecule has 21 heavy (non-hydrogen) atoms. The standard InChI is InChI=1S/C16H20N2O3/c1-4-11(2)17-16(19)15-14(12(3)21-18-15)10-20-13-8-6-5-7-9-13/h5-9,11H,4,10H2,1-3H3,(H,17,19). The number of ether oxygens (including phenoxy) is 1. The molecule has 0 aliphatic heterocycles. The smallest absolute Gasteiger partial charge is 0.274 e. The second kappa shape index (κ2) is 6.92. The van der Waals surface area contributed by atoms with Gasteiger partial charge >= 0.3 is 0 Å². The number of hydrogen-bond donors (Lipinski definition) is 1. The third kappa shape index (κ3) is 3.84. The molecule has 1 aromatic heterocycles. The molecular weight excluding hydrogens is 268 g/mol. The van der Waals surface area contributed by atoms with Gasteiger partial charge in [0.05, 0.1) is 5.56 Å². The van der Waals surface area contributed by atoms with E-state index < -0.39 is 0 Å². The quantitative estimate of drug-likeness (QED) is 0.887. The van der Waals surface area contributed by atoms with Gasteiger partial charge < -0.3 is 14.6 Å². The number of amides is 1. The molecule has 1 N–H and O–H groups in total. The van der Waals surface area contributed by atoms with Gasteiger partial charge in [0.15, 0.2) is 5.69 Å². The molecule has 1 amide bonds. The molecule has 1 atom stereocenters. The Hall–Kier alpha value is -2.30. The minimum atomic E-state index is -0.229. The topological polar surface area (TPSA) is 64.4 Å². The Kier molecular flexibility index (Phi) is 4.98. The summed E-state index contributed by atoms with van der Waals surface area (Å²) in [5.41, 5.74) is 0.975. The van der Waals surface area contributed by atoms with Crippen molar-refractivity contribution in [2.45, 2.75) is 39.8 Å². The molecule has 5 nitrogen and oxygen atoms in total. The maximum absolute atomic E-state index is 12.2. The van der Waals surface area contributed by atoms with Gasteiger partial charge in [-0.15, -0.1) is 0 Å². The predicted octanol–water partition coefficient (Wildman–Crippen LogP) is 3.09.